The van der Waals surface area contributed by atoms with Gasteiger partial charge in [-0.15, -0.1) is 11.3 Å². The number of nitrogens with zero attached hydrogens (tertiary/aromatic N) is 2. The van der Waals surface area contributed by atoms with Crippen LogP contribution < -0.4 is 4.72 Å². The molecular weight excluding hydrogens is 318 g/mol. The number of thiazole rings is 1. The second-order valence-corrected chi connectivity index (χ2v) is 8.75. The molecule has 1 aromatic carbocycles. The van der Waals surface area contributed by atoms with Crippen molar-refractivity contribution in [3.63, 3.8) is 0 Å². The van der Waals surface area contributed by atoms with Gasteiger partial charge in [0.1, 0.15) is 0 Å². The van der Waals surface area contributed by atoms with Crippen LogP contribution >= 0.6 is 11.3 Å². The fraction of sp³-hybridized carbons (Fsp3) is 0.533. The lowest BCUT2D eigenvalue weighted by molar-refractivity contribution is 0.351. The van der Waals surface area contributed by atoms with E-state index in [0.29, 0.717) is 18.9 Å². The summed E-state index contributed by atoms with van der Waals surface area (Å²) in [5.41, 5.74) is 0.977. The van der Waals surface area contributed by atoms with Gasteiger partial charge in [-0.25, -0.2) is 9.71 Å². The van der Waals surface area contributed by atoms with Crippen molar-refractivity contribution >= 4 is 31.8 Å². The number of fused-ring (bicyclic) bond motifs is 1. The third-order valence-corrected chi connectivity index (χ3v) is 6.97. The third kappa shape index (κ3) is 3.48. The lowest BCUT2D eigenvalue weighted by Gasteiger charge is -2.24. The van der Waals surface area contributed by atoms with Crippen LogP contribution in [0, 0.1) is 5.92 Å². The fourth-order valence-corrected chi connectivity index (χ4v) is 4.65. The largest absolute Gasteiger partial charge is 0.279 e. The first-order chi connectivity index (χ1) is 10.5. The van der Waals surface area contributed by atoms with Gasteiger partial charge >= 0.3 is 0 Å². The number of hydrogen-bond acceptors (Lipinski definition) is 4. The number of para-hydroxylation sites is 1. The minimum Gasteiger partial charge on any atom is -0.241 e. The summed E-state index contributed by atoms with van der Waals surface area (Å²) in [6.07, 6.45) is 2.88. The van der Waals surface area contributed by atoms with E-state index in [1.54, 1.807) is 18.4 Å². The predicted octanol–water partition coefficient (Wildman–Crippen LogP) is 2.40. The van der Waals surface area contributed by atoms with E-state index in [4.69, 9.17) is 0 Å². The van der Waals surface area contributed by atoms with Crippen LogP contribution in [-0.2, 0) is 16.6 Å². The number of aromatic nitrogens is 1. The normalized spacial score (nSPS) is 17.2. The Morgan fingerprint density at radius 1 is 1.41 bits per heavy atom. The van der Waals surface area contributed by atoms with Crippen LogP contribution in [0.4, 0.5) is 0 Å². The van der Waals surface area contributed by atoms with Crippen molar-refractivity contribution in [2.75, 3.05) is 13.6 Å². The highest BCUT2D eigenvalue weighted by molar-refractivity contribution is 7.87. The molecule has 3 rings (SSSR count). The Balaban J connectivity index is 1.57. The van der Waals surface area contributed by atoms with E-state index in [1.807, 2.05) is 31.2 Å². The molecule has 0 saturated heterocycles. The molecule has 7 heteroatoms. The molecule has 1 atom stereocenters. The molecule has 22 heavy (non-hydrogen) atoms. The average molecular weight is 339 g/mol. The van der Waals surface area contributed by atoms with Gasteiger partial charge in [-0.1, -0.05) is 12.1 Å². The van der Waals surface area contributed by atoms with E-state index in [2.05, 4.69) is 9.71 Å². The van der Waals surface area contributed by atoms with Crippen LogP contribution in [-0.4, -0.2) is 37.3 Å². The molecule has 120 valence electrons. The highest BCUT2D eigenvalue weighted by atomic mass is 32.2. The molecule has 1 aromatic heterocycles. The van der Waals surface area contributed by atoms with E-state index in [0.717, 1.165) is 28.1 Å². The van der Waals surface area contributed by atoms with Gasteiger partial charge in [0.2, 0.25) is 0 Å². The molecule has 0 spiro atoms. The predicted molar refractivity (Wildman–Crippen MR) is 90.2 cm³/mol. The molecular formula is C15H21N3O2S2. The van der Waals surface area contributed by atoms with Gasteiger partial charge in [0.05, 0.1) is 15.2 Å². The number of nitrogens with one attached hydrogen (secondary N) is 1. The summed E-state index contributed by atoms with van der Waals surface area (Å²) >= 11 is 1.62. The molecule has 1 saturated carbocycles. The molecule has 0 aliphatic heterocycles. The third-order valence-electron chi connectivity index (χ3n) is 4.22. The van der Waals surface area contributed by atoms with E-state index in [9.17, 15) is 8.42 Å². The molecule has 0 radical (unpaired) electrons. The molecule has 0 amide bonds. The molecule has 0 bridgehead atoms. The summed E-state index contributed by atoms with van der Waals surface area (Å²) in [7, 11) is -1.75. The molecule has 1 N–H and O–H groups in total. The van der Waals surface area contributed by atoms with Gasteiger partial charge in [0.15, 0.2) is 0 Å². The summed E-state index contributed by atoms with van der Waals surface area (Å²) in [6.45, 7) is 2.36. The molecule has 5 nitrogen and oxygen atoms in total. The first-order valence-corrected chi connectivity index (χ1v) is 9.80. The first kappa shape index (κ1) is 15.9. The van der Waals surface area contributed by atoms with E-state index in [1.165, 1.54) is 4.31 Å². The van der Waals surface area contributed by atoms with Crippen LogP contribution in [0.15, 0.2) is 24.3 Å². The zero-order chi connectivity index (χ0) is 15.7. The Bertz CT molecular complexity index is 720. The quantitative estimate of drug-likeness (QED) is 0.842. The van der Waals surface area contributed by atoms with Crippen molar-refractivity contribution in [2.24, 2.45) is 5.92 Å². The molecule has 1 aliphatic carbocycles. The second-order valence-electron chi connectivity index (χ2n) is 5.82. The summed E-state index contributed by atoms with van der Waals surface area (Å²) in [5.74, 6) is 0.519. The van der Waals surface area contributed by atoms with Crippen molar-refractivity contribution in [3.8, 4) is 0 Å². The number of rotatable bonds is 7. The van der Waals surface area contributed by atoms with Crippen LogP contribution in [0.25, 0.3) is 10.2 Å². The maximum atomic E-state index is 12.3. The molecule has 1 heterocycles. The SMILES string of the molecule is C[C@H](C1CC1)N(C)S(=O)(=O)NCCc1nc2ccccc2s1. The summed E-state index contributed by atoms with van der Waals surface area (Å²) in [5, 5.41) is 0.960. The Hall–Kier alpha value is -1.02. The average Bonchev–Trinajstić information content (AvgIpc) is 3.25. The Morgan fingerprint density at radius 2 is 2.14 bits per heavy atom. The maximum absolute atomic E-state index is 12.3. The minimum absolute atomic E-state index is 0.0694. The van der Waals surface area contributed by atoms with Crippen molar-refractivity contribution in [2.45, 2.75) is 32.2 Å². The van der Waals surface area contributed by atoms with Crippen LogP contribution in [0.3, 0.4) is 0 Å². The highest BCUT2D eigenvalue weighted by Gasteiger charge is 2.35. The smallest absolute Gasteiger partial charge is 0.241 e. The molecule has 1 fully saturated rings. The van der Waals surface area contributed by atoms with E-state index in [-0.39, 0.29) is 6.04 Å². The topological polar surface area (TPSA) is 62.3 Å². The van der Waals surface area contributed by atoms with Gasteiger partial charge in [-0.05, 0) is 37.8 Å². The lowest BCUT2D eigenvalue weighted by atomic mass is 10.2. The van der Waals surface area contributed by atoms with E-state index < -0.39 is 10.2 Å². The van der Waals surface area contributed by atoms with E-state index >= 15 is 0 Å². The molecule has 1 aliphatic rings. The van der Waals surface area contributed by atoms with Gasteiger partial charge in [-0.2, -0.15) is 12.7 Å². The molecule has 0 unspecified atom stereocenters. The highest BCUT2D eigenvalue weighted by Crippen LogP contribution is 2.35. The standard InChI is InChI=1S/C15H21N3O2S2/c1-11(12-7-8-12)18(2)22(19,20)16-10-9-15-17-13-5-3-4-6-14(13)21-15/h3-6,11-12,16H,7-10H2,1-2H3/t11-/m1/s1. The van der Waals surface area contributed by atoms with Crippen LogP contribution in [0.1, 0.15) is 24.8 Å². The van der Waals surface area contributed by atoms with Crippen molar-refractivity contribution in [1.29, 1.82) is 0 Å². The Labute approximate surface area is 135 Å². The van der Waals surface area contributed by atoms with Gasteiger partial charge in [0.25, 0.3) is 10.2 Å². The zero-order valence-electron chi connectivity index (χ0n) is 12.8. The van der Waals surface area contributed by atoms with Crippen LogP contribution in [0.5, 0.6) is 0 Å². The van der Waals surface area contributed by atoms with Crippen molar-refractivity contribution < 1.29 is 8.42 Å². The molecule has 2 aromatic rings. The Morgan fingerprint density at radius 3 is 2.82 bits per heavy atom. The van der Waals surface area contributed by atoms with Crippen LogP contribution in [0.2, 0.25) is 0 Å². The summed E-state index contributed by atoms with van der Waals surface area (Å²) in [6, 6.07) is 8.03. The minimum atomic E-state index is -3.40. The van der Waals surface area contributed by atoms with Crippen molar-refractivity contribution in [3.05, 3.63) is 29.3 Å². The van der Waals surface area contributed by atoms with Gasteiger partial charge in [-0.3, -0.25) is 0 Å². The van der Waals surface area contributed by atoms with Gasteiger partial charge in [0, 0.05) is 26.1 Å². The van der Waals surface area contributed by atoms with Gasteiger partial charge < -0.3 is 0 Å². The van der Waals surface area contributed by atoms with Crippen molar-refractivity contribution in [1.82, 2.24) is 14.0 Å². The monoisotopic (exact) mass is 339 g/mol. The number of benzene rings is 1. The fourth-order valence-electron chi connectivity index (χ4n) is 2.51. The summed E-state index contributed by atoms with van der Waals surface area (Å²) < 4.78 is 29.8. The number of hydrogen-bond donors (Lipinski definition) is 1. The maximum Gasteiger partial charge on any atom is 0.279 e. The zero-order valence-corrected chi connectivity index (χ0v) is 14.5. The Kier molecular flexibility index (Phi) is 4.49. The summed E-state index contributed by atoms with van der Waals surface area (Å²) in [4.78, 5) is 4.52. The second kappa shape index (κ2) is 6.23. The lowest BCUT2D eigenvalue weighted by Crippen LogP contribution is -2.44. The first-order valence-electron chi connectivity index (χ1n) is 7.54.